The highest BCUT2D eigenvalue weighted by Gasteiger charge is 2.42. The molecule has 4 unspecified atom stereocenters. The van der Waals surface area contributed by atoms with Crippen LogP contribution in [0.2, 0.25) is 0 Å². The number of fused-ring (bicyclic) bond motifs is 2. The van der Waals surface area contributed by atoms with Crippen LogP contribution in [0.5, 0.6) is 0 Å². The van der Waals surface area contributed by atoms with Gasteiger partial charge in [0.25, 0.3) is 0 Å². The van der Waals surface area contributed by atoms with Crippen LogP contribution < -0.4 is 5.32 Å². The zero-order chi connectivity index (χ0) is 14.8. The highest BCUT2D eigenvalue weighted by Crippen LogP contribution is 2.49. The minimum atomic E-state index is -4.05. The normalized spacial score (nSPS) is 31.2. The van der Waals surface area contributed by atoms with Gasteiger partial charge in [0, 0.05) is 6.04 Å². The molecule has 0 aromatic carbocycles. The lowest BCUT2D eigenvalue weighted by atomic mass is 9.84. The molecule has 0 heterocycles. The van der Waals surface area contributed by atoms with Crippen LogP contribution in [0.1, 0.15) is 32.1 Å². The van der Waals surface area contributed by atoms with Crippen LogP contribution in [0.3, 0.4) is 0 Å². The van der Waals surface area contributed by atoms with Crippen molar-refractivity contribution in [3.05, 3.63) is 0 Å². The molecular weight excluding hydrogens is 274 g/mol. The number of likely N-dealkylation sites (N-methyl/N-ethyl adjacent to an activating group) is 1. The molecule has 0 aromatic heterocycles. The summed E-state index contributed by atoms with van der Waals surface area (Å²) in [6.45, 7) is -1.15. The summed E-state index contributed by atoms with van der Waals surface area (Å²) in [6.07, 6.45) is 2.33. The van der Waals surface area contributed by atoms with E-state index in [4.69, 9.17) is 4.74 Å². The van der Waals surface area contributed by atoms with Gasteiger partial charge in [0.05, 0.1) is 6.61 Å². The first-order valence-electron chi connectivity index (χ1n) is 7.33. The average Bonchev–Trinajstić information content (AvgIpc) is 2.99. The van der Waals surface area contributed by atoms with Crippen LogP contribution in [-0.2, 0) is 4.74 Å². The second kappa shape index (κ2) is 6.60. The summed E-state index contributed by atoms with van der Waals surface area (Å²) in [5.41, 5.74) is 0. The zero-order valence-corrected chi connectivity index (χ0v) is 11.8. The third-order valence-electron chi connectivity index (χ3n) is 4.81. The van der Waals surface area contributed by atoms with Crippen molar-refractivity contribution in [1.82, 2.24) is 5.32 Å². The maximum Gasteiger partial charge on any atom is 0.330 e. The van der Waals surface area contributed by atoms with Crippen molar-refractivity contribution in [1.29, 1.82) is 0 Å². The molecule has 2 rings (SSSR count). The lowest BCUT2D eigenvalue weighted by molar-refractivity contribution is -0.167. The maximum absolute atomic E-state index is 12.7. The first-order valence-corrected chi connectivity index (χ1v) is 7.33. The van der Waals surface area contributed by atoms with E-state index in [9.17, 15) is 17.6 Å². The first-order chi connectivity index (χ1) is 9.42. The number of rotatable bonds is 8. The Morgan fingerprint density at radius 3 is 2.50 bits per heavy atom. The first kappa shape index (κ1) is 16.0. The van der Waals surface area contributed by atoms with Crippen LogP contribution in [0.15, 0.2) is 0 Å². The molecule has 2 saturated carbocycles. The minimum absolute atomic E-state index is 0.0344. The van der Waals surface area contributed by atoms with Crippen molar-refractivity contribution in [2.45, 2.75) is 50.5 Å². The van der Waals surface area contributed by atoms with E-state index in [0.29, 0.717) is 5.92 Å². The van der Waals surface area contributed by atoms with E-state index in [1.165, 1.54) is 25.7 Å². The van der Waals surface area contributed by atoms with E-state index in [1.807, 2.05) is 0 Å². The molecule has 1 N–H and O–H groups in total. The van der Waals surface area contributed by atoms with Gasteiger partial charge in [-0.2, -0.15) is 8.78 Å². The van der Waals surface area contributed by atoms with Gasteiger partial charge in [0.2, 0.25) is 0 Å². The topological polar surface area (TPSA) is 21.3 Å². The summed E-state index contributed by atoms with van der Waals surface area (Å²) in [7, 11) is 1.76. The Balaban J connectivity index is 1.70. The van der Waals surface area contributed by atoms with Gasteiger partial charge in [-0.25, -0.2) is 8.78 Å². The molecule has 0 aliphatic heterocycles. The van der Waals surface area contributed by atoms with Crippen molar-refractivity contribution in [3.63, 3.8) is 0 Å². The van der Waals surface area contributed by atoms with Crippen molar-refractivity contribution in [2.24, 2.45) is 17.8 Å². The number of alkyl halides is 4. The molecule has 2 bridgehead atoms. The number of ether oxygens (including phenoxy) is 1. The standard InChI is InChI=1S/C14H23F4NO/c1-19-12(7-20-8-14(17,18)13(15)16)6-11-5-9-2-3-10(11)4-9/h9-13,19H,2-8H2,1H3. The lowest BCUT2D eigenvalue weighted by Gasteiger charge is -2.27. The molecule has 0 radical (unpaired) electrons. The Morgan fingerprint density at radius 1 is 1.25 bits per heavy atom. The predicted octanol–water partition coefficient (Wildman–Crippen LogP) is 3.32. The third kappa shape index (κ3) is 3.85. The number of hydrogen-bond acceptors (Lipinski definition) is 2. The van der Waals surface area contributed by atoms with Crippen molar-refractivity contribution < 1.29 is 22.3 Å². The van der Waals surface area contributed by atoms with Crippen LogP contribution in [-0.4, -0.2) is 38.7 Å². The van der Waals surface area contributed by atoms with Gasteiger partial charge < -0.3 is 10.1 Å². The highest BCUT2D eigenvalue weighted by molar-refractivity contribution is 4.91. The van der Waals surface area contributed by atoms with Gasteiger partial charge in [-0.1, -0.05) is 6.42 Å². The molecule has 20 heavy (non-hydrogen) atoms. The summed E-state index contributed by atoms with van der Waals surface area (Å²) in [4.78, 5) is 0. The van der Waals surface area contributed by atoms with E-state index in [1.54, 1.807) is 7.05 Å². The Kier molecular flexibility index (Phi) is 5.29. The van der Waals surface area contributed by atoms with Crippen molar-refractivity contribution in [2.75, 3.05) is 20.3 Å². The molecular formula is C14H23F4NO. The maximum atomic E-state index is 12.7. The molecule has 6 heteroatoms. The van der Waals surface area contributed by atoms with Gasteiger partial charge in [-0.05, 0) is 50.5 Å². The summed E-state index contributed by atoms with van der Waals surface area (Å²) < 4.78 is 54.3. The molecule has 0 saturated heterocycles. The van der Waals surface area contributed by atoms with Crippen LogP contribution in [0.25, 0.3) is 0 Å². The van der Waals surface area contributed by atoms with Crippen molar-refractivity contribution >= 4 is 0 Å². The largest absolute Gasteiger partial charge is 0.373 e. The molecule has 2 aliphatic rings. The molecule has 0 spiro atoms. The van der Waals surface area contributed by atoms with E-state index in [-0.39, 0.29) is 12.6 Å². The van der Waals surface area contributed by atoms with Crippen LogP contribution >= 0.6 is 0 Å². The molecule has 2 fully saturated rings. The van der Waals surface area contributed by atoms with Gasteiger partial charge in [-0.15, -0.1) is 0 Å². The molecule has 0 amide bonds. The van der Waals surface area contributed by atoms with Crippen LogP contribution in [0.4, 0.5) is 17.6 Å². The Labute approximate surface area is 117 Å². The third-order valence-corrected chi connectivity index (χ3v) is 4.81. The van der Waals surface area contributed by atoms with Gasteiger partial charge >= 0.3 is 12.3 Å². The van der Waals surface area contributed by atoms with Crippen molar-refractivity contribution in [3.8, 4) is 0 Å². The summed E-state index contributed by atoms with van der Waals surface area (Å²) in [5, 5.41) is 3.05. The van der Waals surface area contributed by atoms with E-state index < -0.39 is 19.0 Å². The quantitative estimate of drug-likeness (QED) is 0.694. The summed E-state index contributed by atoms with van der Waals surface area (Å²) >= 11 is 0. The minimum Gasteiger partial charge on any atom is -0.373 e. The monoisotopic (exact) mass is 297 g/mol. The van der Waals surface area contributed by atoms with E-state index in [2.05, 4.69) is 5.32 Å². The Morgan fingerprint density at radius 2 is 2.00 bits per heavy atom. The second-order valence-electron chi connectivity index (χ2n) is 6.23. The predicted molar refractivity (Wildman–Crippen MR) is 68.2 cm³/mol. The fraction of sp³-hybridized carbons (Fsp3) is 1.00. The molecule has 118 valence electrons. The molecule has 2 nitrogen and oxygen atoms in total. The number of halogens is 4. The summed E-state index contributed by atoms with van der Waals surface area (Å²) in [5.74, 6) is -1.82. The second-order valence-corrected chi connectivity index (χ2v) is 6.23. The van der Waals surface area contributed by atoms with Gasteiger partial charge in [-0.3, -0.25) is 0 Å². The molecule has 4 atom stereocenters. The molecule has 0 aromatic rings. The number of hydrogen-bond donors (Lipinski definition) is 1. The smallest absolute Gasteiger partial charge is 0.330 e. The SMILES string of the molecule is CNC(COCC(F)(F)C(F)F)CC1CC2CCC1C2. The Bertz CT molecular complexity index is 314. The fourth-order valence-corrected chi connectivity index (χ4v) is 3.70. The molecule has 2 aliphatic carbocycles. The highest BCUT2D eigenvalue weighted by atomic mass is 19.3. The summed E-state index contributed by atoms with van der Waals surface area (Å²) in [6, 6.07) is -0.0344. The lowest BCUT2D eigenvalue weighted by Crippen LogP contribution is -2.38. The fourth-order valence-electron chi connectivity index (χ4n) is 3.70. The van der Waals surface area contributed by atoms with Gasteiger partial charge in [0.1, 0.15) is 6.61 Å². The number of nitrogens with one attached hydrogen (secondary N) is 1. The van der Waals surface area contributed by atoms with Gasteiger partial charge in [0.15, 0.2) is 0 Å². The van der Waals surface area contributed by atoms with E-state index in [0.717, 1.165) is 18.3 Å². The van der Waals surface area contributed by atoms with Crippen LogP contribution in [0, 0.1) is 17.8 Å². The zero-order valence-electron chi connectivity index (χ0n) is 11.8. The average molecular weight is 297 g/mol. The van der Waals surface area contributed by atoms with E-state index >= 15 is 0 Å². The Hall–Kier alpha value is -0.360.